The maximum atomic E-state index is 12.3. The number of hydrogen-bond donors (Lipinski definition) is 1. The molecule has 0 aromatic heterocycles. The van der Waals surface area contributed by atoms with E-state index in [4.69, 9.17) is 4.74 Å². The van der Waals surface area contributed by atoms with Crippen LogP contribution >= 0.6 is 11.8 Å². The van der Waals surface area contributed by atoms with Crippen LogP contribution in [0.3, 0.4) is 0 Å². The molecule has 2 rings (SSSR count). The van der Waals surface area contributed by atoms with Crippen molar-refractivity contribution in [2.45, 2.75) is 37.5 Å². The van der Waals surface area contributed by atoms with Crippen molar-refractivity contribution in [3.05, 3.63) is 59.7 Å². The van der Waals surface area contributed by atoms with Gasteiger partial charge in [0.05, 0.1) is 11.9 Å². The zero-order valence-electron chi connectivity index (χ0n) is 13.8. The van der Waals surface area contributed by atoms with Crippen LogP contribution < -0.4 is 10.1 Å². The molecule has 4 heteroatoms. The van der Waals surface area contributed by atoms with Crippen LogP contribution in [0.2, 0.25) is 0 Å². The Bertz CT molecular complexity index is 640. The highest BCUT2D eigenvalue weighted by Gasteiger charge is 2.14. The van der Waals surface area contributed by atoms with E-state index in [0.717, 1.165) is 16.2 Å². The van der Waals surface area contributed by atoms with Gasteiger partial charge in [0.15, 0.2) is 0 Å². The SMILES string of the molecule is CCOc1ccccc1CNC(=O)[C@H](C)Sc1ccc(C)cc1. The average molecular weight is 329 g/mol. The van der Waals surface area contributed by atoms with Gasteiger partial charge in [-0.15, -0.1) is 11.8 Å². The fourth-order valence-electron chi connectivity index (χ4n) is 2.15. The lowest BCUT2D eigenvalue weighted by Crippen LogP contribution is -2.30. The van der Waals surface area contributed by atoms with Crippen molar-refractivity contribution in [3.63, 3.8) is 0 Å². The molecule has 1 atom stereocenters. The quantitative estimate of drug-likeness (QED) is 0.774. The van der Waals surface area contributed by atoms with Crippen LogP contribution in [-0.4, -0.2) is 17.8 Å². The second-order valence-electron chi connectivity index (χ2n) is 5.33. The standard InChI is InChI=1S/C19H23NO2S/c1-4-22-18-8-6-5-7-16(18)13-20-19(21)15(3)23-17-11-9-14(2)10-12-17/h5-12,15H,4,13H2,1-3H3,(H,20,21)/t15-/m0/s1. The minimum atomic E-state index is -0.142. The van der Waals surface area contributed by atoms with E-state index in [-0.39, 0.29) is 11.2 Å². The molecule has 0 aliphatic heterocycles. The Hall–Kier alpha value is -1.94. The summed E-state index contributed by atoms with van der Waals surface area (Å²) in [4.78, 5) is 13.4. The van der Waals surface area contributed by atoms with E-state index in [1.54, 1.807) is 11.8 Å². The van der Waals surface area contributed by atoms with Gasteiger partial charge in [0.25, 0.3) is 0 Å². The summed E-state index contributed by atoms with van der Waals surface area (Å²) in [5, 5.41) is 2.85. The summed E-state index contributed by atoms with van der Waals surface area (Å²) in [5.41, 5.74) is 2.22. The molecular weight excluding hydrogens is 306 g/mol. The summed E-state index contributed by atoms with van der Waals surface area (Å²) in [5.74, 6) is 0.857. The highest BCUT2D eigenvalue weighted by molar-refractivity contribution is 8.00. The van der Waals surface area contributed by atoms with E-state index in [9.17, 15) is 4.79 Å². The molecule has 122 valence electrons. The number of carbonyl (C=O) groups is 1. The van der Waals surface area contributed by atoms with Gasteiger partial charge in [0.2, 0.25) is 5.91 Å². The molecule has 0 fully saturated rings. The molecular formula is C19H23NO2S. The van der Waals surface area contributed by atoms with E-state index in [0.29, 0.717) is 13.2 Å². The fourth-order valence-corrected chi connectivity index (χ4v) is 3.04. The molecule has 3 nitrogen and oxygen atoms in total. The molecule has 0 aliphatic carbocycles. The topological polar surface area (TPSA) is 38.3 Å². The lowest BCUT2D eigenvalue weighted by Gasteiger charge is -2.14. The molecule has 1 N–H and O–H groups in total. The smallest absolute Gasteiger partial charge is 0.233 e. The summed E-state index contributed by atoms with van der Waals surface area (Å²) >= 11 is 1.57. The Kier molecular flexibility index (Phi) is 6.53. The van der Waals surface area contributed by atoms with Crippen molar-refractivity contribution in [1.82, 2.24) is 5.32 Å². The van der Waals surface area contributed by atoms with Gasteiger partial charge >= 0.3 is 0 Å². The summed E-state index contributed by atoms with van der Waals surface area (Å²) in [6.45, 7) is 7.03. The number of amides is 1. The number of benzene rings is 2. The summed E-state index contributed by atoms with van der Waals surface area (Å²) in [6.07, 6.45) is 0. The van der Waals surface area contributed by atoms with Gasteiger partial charge in [-0.2, -0.15) is 0 Å². The lowest BCUT2D eigenvalue weighted by atomic mass is 10.2. The predicted molar refractivity (Wildman–Crippen MR) is 96.0 cm³/mol. The van der Waals surface area contributed by atoms with Crippen LogP contribution in [0.1, 0.15) is 25.0 Å². The molecule has 1 amide bonds. The summed E-state index contributed by atoms with van der Waals surface area (Å²) in [6, 6.07) is 16.0. The van der Waals surface area contributed by atoms with Gasteiger partial charge in [0, 0.05) is 17.0 Å². The number of aryl methyl sites for hydroxylation is 1. The molecule has 0 radical (unpaired) electrons. The fraction of sp³-hybridized carbons (Fsp3) is 0.316. The van der Waals surface area contributed by atoms with E-state index in [2.05, 4.69) is 24.4 Å². The van der Waals surface area contributed by atoms with Crippen LogP contribution in [0.25, 0.3) is 0 Å². The van der Waals surface area contributed by atoms with Gasteiger partial charge < -0.3 is 10.1 Å². The van der Waals surface area contributed by atoms with Gasteiger partial charge in [-0.3, -0.25) is 4.79 Å². The molecule has 0 aliphatic rings. The Morgan fingerprint density at radius 1 is 1.17 bits per heavy atom. The third-order valence-corrected chi connectivity index (χ3v) is 4.54. The summed E-state index contributed by atoms with van der Waals surface area (Å²) < 4.78 is 5.58. The van der Waals surface area contributed by atoms with Gasteiger partial charge in [-0.25, -0.2) is 0 Å². The zero-order chi connectivity index (χ0) is 16.7. The Morgan fingerprint density at radius 2 is 1.87 bits per heavy atom. The number of thioether (sulfide) groups is 1. The van der Waals surface area contributed by atoms with Crippen molar-refractivity contribution < 1.29 is 9.53 Å². The highest BCUT2D eigenvalue weighted by atomic mass is 32.2. The second kappa shape index (κ2) is 8.63. The largest absolute Gasteiger partial charge is 0.494 e. The molecule has 0 bridgehead atoms. The van der Waals surface area contributed by atoms with Crippen molar-refractivity contribution in [1.29, 1.82) is 0 Å². The number of carbonyl (C=O) groups excluding carboxylic acids is 1. The van der Waals surface area contributed by atoms with Crippen molar-refractivity contribution in [3.8, 4) is 5.75 Å². The van der Waals surface area contributed by atoms with Crippen molar-refractivity contribution >= 4 is 17.7 Å². The van der Waals surface area contributed by atoms with Crippen LogP contribution in [0.5, 0.6) is 5.75 Å². The molecule has 0 heterocycles. The minimum absolute atomic E-state index is 0.0295. The first-order chi connectivity index (χ1) is 11.1. The first kappa shape index (κ1) is 17.4. The van der Waals surface area contributed by atoms with Crippen LogP contribution in [0.4, 0.5) is 0 Å². The monoisotopic (exact) mass is 329 g/mol. The third-order valence-electron chi connectivity index (χ3n) is 3.43. The molecule has 2 aromatic rings. The highest BCUT2D eigenvalue weighted by Crippen LogP contribution is 2.24. The van der Waals surface area contributed by atoms with E-state index < -0.39 is 0 Å². The number of nitrogens with one attached hydrogen (secondary N) is 1. The van der Waals surface area contributed by atoms with Crippen LogP contribution in [-0.2, 0) is 11.3 Å². The van der Waals surface area contributed by atoms with Gasteiger partial charge in [-0.05, 0) is 39.0 Å². The van der Waals surface area contributed by atoms with Crippen LogP contribution in [0, 0.1) is 6.92 Å². The third kappa shape index (κ3) is 5.32. The predicted octanol–water partition coefficient (Wildman–Crippen LogP) is 4.19. The van der Waals surface area contributed by atoms with E-state index in [1.807, 2.05) is 50.2 Å². The maximum Gasteiger partial charge on any atom is 0.233 e. The Morgan fingerprint density at radius 3 is 2.57 bits per heavy atom. The molecule has 0 saturated carbocycles. The van der Waals surface area contributed by atoms with Crippen molar-refractivity contribution in [2.75, 3.05) is 6.61 Å². The van der Waals surface area contributed by atoms with E-state index >= 15 is 0 Å². The number of hydrogen-bond acceptors (Lipinski definition) is 3. The molecule has 2 aromatic carbocycles. The lowest BCUT2D eigenvalue weighted by molar-refractivity contribution is -0.120. The van der Waals surface area contributed by atoms with Gasteiger partial charge in [0.1, 0.15) is 5.75 Å². The summed E-state index contributed by atoms with van der Waals surface area (Å²) in [7, 11) is 0. The average Bonchev–Trinajstić information content (AvgIpc) is 2.56. The second-order valence-corrected chi connectivity index (χ2v) is 6.75. The minimum Gasteiger partial charge on any atom is -0.494 e. The number of rotatable bonds is 7. The first-order valence-corrected chi connectivity index (χ1v) is 8.70. The zero-order valence-corrected chi connectivity index (χ0v) is 14.7. The first-order valence-electron chi connectivity index (χ1n) is 7.82. The Balaban J connectivity index is 1.90. The van der Waals surface area contributed by atoms with Crippen molar-refractivity contribution in [2.24, 2.45) is 0 Å². The molecule has 0 unspecified atom stereocenters. The molecule has 0 spiro atoms. The Labute approximate surface area is 142 Å². The van der Waals surface area contributed by atoms with E-state index in [1.165, 1.54) is 5.56 Å². The number of ether oxygens (including phenoxy) is 1. The molecule has 0 saturated heterocycles. The molecule has 23 heavy (non-hydrogen) atoms. The number of para-hydroxylation sites is 1. The maximum absolute atomic E-state index is 12.3. The van der Waals surface area contributed by atoms with Gasteiger partial charge in [-0.1, -0.05) is 35.9 Å². The van der Waals surface area contributed by atoms with Crippen LogP contribution in [0.15, 0.2) is 53.4 Å². The normalized spacial score (nSPS) is 11.8.